The fraction of sp³-hybridized carbons (Fsp3) is 0.364. The lowest BCUT2D eigenvalue weighted by molar-refractivity contribution is 0.0624. The van der Waals surface area contributed by atoms with Crippen LogP contribution in [0, 0.1) is 0 Å². The number of phenolic OH excluding ortho intramolecular Hbond substituents is 2. The molecule has 8 nitrogen and oxygen atoms in total. The number of amides is 2. The molecule has 0 aliphatic heterocycles. The van der Waals surface area contributed by atoms with Gasteiger partial charge in [0, 0.05) is 11.4 Å². The molecule has 2 aromatic rings. The Morgan fingerprint density at radius 1 is 0.633 bits per heavy atom. The summed E-state index contributed by atoms with van der Waals surface area (Å²) in [6.45, 7) is 10.8. The molecule has 0 heterocycles. The number of phenols is 2. The number of aromatic hydroxyl groups is 2. The number of hydrogen-bond donors (Lipinski definition) is 4. The first-order chi connectivity index (χ1) is 13.7. The molecule has 30 heavy (non-hydrogen) atoms. The molecule has 8 heteroatoms. The van der Waals surface area contributed by atoms with Crippen LogP contribution >= 0.6 is 0 Å². The van der Waals surface area contributed by atoms with Crippen LogP contribution in [0.25, 0.3) is 0 Å². The maximum absolute atomic E-state index is 11.3. The first kappa shape index (κ1) is 24.6. The Balaban J connectivity index is 0.000000300. The summed E-state index contributed by atoms with van der Waals surface area (Å²) >= 11 is 0. The van der Waals surface area contributed by atoms with Gasteiger partial charge in [-0.3, -0.25) is 10.6 Å². The van der Waals surface area contributed by atoms with E-state index in [9.17, 15) is 9.59 Å². The molecular weight excluding hydrogens is 388 g/mol. The Morgan fingerprint density at radius 3 is 1.13 bits per heavy atom. The quantitative estimate of drug-likeness (QED) is 0.480. The van der Waals surface area contributed by atoms with E-state index < -0.39 is 23.4 Å². The number of carbonyl (C=O) groups excluding carboxylic acids is 2. The summed E-state index contributed by atoms with van der Waals surface area (Å²) in [6.07, 6.45) is -1.01. The van der Waals surface area contributed by atoms with E-state index in [2.05, 4.69) is 10.6 Å². The molecule has 0 saturated carbocycles. The summed E-state index contributed by atoms with van der Waals surface area (Å²) in [5.41, 5.74) is 0.145. The summed E-state index contributed by atoms with van der Waals surface area (Å²) in [6, 6.07) is 12.4. The van der Waals surface area contributed by atoms with Crippen molar-refractivity contribution >= 4 is 23.6 Å². The minimum Gasteiger partial charge on any atom is -0.508 e. The van der Waals surface area contributed by atoms with Crippen molar-refractivity contribution in [1.82, 2.24) is 0 Å². The van der Waals surface area contributed by atoms with Crippen LogP contribution in [0.5, 0.6) is 11.5 Å². The van der Waals surface area contributed by atoms with Crippen molar-refractivity contribution < 1.29 is 29.3 Å². The van der Waals surface area contributed by atoms with Gasteiger partial charge in [-0.15, -0.1) is 0 Å². The molecule has 0 fully saturated rings. The van der Waals surface area contributed by atoms with Crippen molar-refractivity contribution in [3.8, 4) is 11.5 Å². The van der Waals surface area contributed by atoms with Crippen molar-refractivity contribution in [2.75, 3.05) is 10.6 Å². The van der Waals surface area contributed by atoms with E-state index >= 15 is 0 Å². The van der Waals surface area contributed by atoms with Crippen LogP contribution in [0.4, 0.5) is 21.0 Å². The zero-order valence-electron chi connectivity index (χ0n) is 18.1. The normalized spacial score (nSPS) is 10.9. The van der Waals surface area contributed by atoms with Crippen LogP contribution in [0.15, 0.2) is 48.5 Å². The van der Waals surface area contributed by atoms with Gasteiger partial charge < -0.3 is 19.7 Å². The van der Waals surface area contributed by atoms with Crippen LogP contribution in [0.3, 0.4) is 0 Å². The van der Waals surface area contributed by atoms with Crippen molar-refractivity contribution in [3.05, 3.63) is 48.5 Å². The van der Waals surface area contributed by atoms with Crippen LogP contribution in [-0.4, -0.2) is 33.6 Å². The molecule has 0 radical (unpaired) electrons. The molecule has 0 aliphatic rings. The second-order valence-electron chi connectivity index (χ2n) is 8.35. The fourth-order valence-electron chi connectivity index (χ4n) is 1.93. The highest BCUT2D eigenvalue weighted by molar-refractivity contribution is 5.85. The predicted octanol–water partition coefficient (Wildman–Crippen LogP) is 5.48. The molecule has 164 valence electrons. The van der Waals surface area contributed by atoms with Gasteiger partial charge >= 0.3 is 12.2 Å². The Hall–Kier alpha value is -3.42. The SMILES string of the molecule is CC(C)(C)OC(=O)Nc1ccc(O)cc1.CC(C)(C)OC(=O)Nc1ccc(O)cc1. The van der Waals surface area contributed by atoms with Crippen LogP contribution in [0.1, 0.15) is 41.5 Å². The highest BCUT2D eigenvalue weighted by atomic mass is 16.6. The zero-order chi connectivity index (χ0) is 22.9. The van der Waals surface area contributed by atoms with E-state index in [0.29, 0.717) is 11.4 Å². The van der Waals surface area contributed by atoms with Crippen molar-refractivity contribution in [2.24, 2.45) is 0 Å². The summed E-state index contributed by atoms with van der Waals surface area (Å²) in [7, 11) is 0. The highest BCUT2D eigenvalue weighted by Crippen LogP contribution is 2.16. The second kappa shape index (κ2) is 10.4. The van der Waals surface area contributed by atoms with Crippen LogP contribution in [-0.2, 0) is 9.47 Å². The monoisotopic (exact) mass is 418 g/mol. The van der Waals surface area contributed by atoms with E-state index in [1.807, 2.05) is 0 Å². The maximum atomic E-state index is 11.3. The molecule has 2 rings (SSSR count). The van der Waals surface area contributed by atoms with Gasteiger partial charge in [0.25, 0.3) is 0 Å². The number of rotatable bonds is 2. The van der Waals surface area contributed by atoms with Gasteiger partial charge in [0.1, 0.15) is 22.7 Å². The van der Waals surface area contributed by atoms with E-state index in [1.165, 1.54) is 24.3 Å². The van der Waals surface area contributed by atoms with Crippen molar-refractivity contribution in [3.63, 3.8) is 0 Å². The number of nitrogens with one attached hydrogen (secondary N) is 2. The number of anilines is 2. The molecule has 0 atom stereocenters. The zero-order valence-corrected chi connectivity index (χ0v) is 18.1. The first-order valence-electron chi connectivity index (χ1n) is 9.31. The molecule has 0 bridgehead atoms. The Bertz CT molecular complexity index is 747. The largest absolute Gasteiger partial charge is 0.508 e. The molecule has 2 aromatic carbocycles. The third kappa shape index (κ3) is 11.4. The third-order valence-corrected chi connectivity index (χ3v) is 3.03. The number of ether oxygens (including phenoxy) is 2. The van der Waals surface area contributed by atoms with Gasteiger partial charge in [0.15, 0.2) is 0 Å². The molecule has 0 aliphatic carbocycles. The van der Waals surface area contributed by atoms with E-state index in [4.69, 9.17) is 19.7 Å². The molecule has 2 amide bonds. The molecule has 0 saturated heterocycles. The highest BCUT2D eigenvalue weighted by Gasteiger charge is 2.16. The van der Waals surface area contributed by atoms with Gasteiger partial charge in [-0.25, -0.2) is 9.59 Å². The van der Waals surface area contributed by atoms with Crippen molar-refractivity contribution in [1.29, 1.82) is 0 Å². The Kier molecular flexibility index (Phi) is 8.52. The molecule has 0 spiro atoms. The predicted molar refractivity (Wildman–Crippen MR) is 116 cm³/mol. The van der Waals surface area contributed by atoms with E-state index in [1.54, 1.807) is 65.8 Å². The van der Waals surface area contributed by atoms with Gasteiger partial charge in [-0.05, 0) is 90.1 Å². The van der Waals surface area contributed by atoms with E-state index in [-0.39, 0.29) is 11.5 Å². The van der Waals surface area contributed by atoms with E-state index in [0.717, 1.165) is 0 Å². The molecular formula is C22H30N2O6. The summed E-state index contributed by atoms with van der Waals surface area (Å²) in [5, 5.41) is 23.2. The number of hydrogen-bond acceptors (Lipinski definition) is 6. The lowest BCUT2D eigenvalue weighted by atomic mass is 10.2. The second-order valence-corrected chi connectivity index (χ2v) is 8.35. The molecule has 0 aromatic heterocycles. The van der Waals surface area contributed by atoms with Gasteiger partial charge in [0.05, 0.1) is 0 Å². The minimum absolute atomic E-state index is 0.157. The molecule has 4 N–H and O–H groups in total. The van der Waals surface area contributed by atoms with Gasteiger partial charge in [-0.2, -0.15) is 0 Å². The lowest BCUT2D eigenvalue weighted by Crippen LogP contribution is -2.27. The van der Waals surface area contributed by atoms with Gasteiger partial charge in [-0.1, -0.05) is 0 Å². The Morgan fingerprint density at radius 2 is 0.900 bits per heavy atom. The topological polar surface area (TPSA) is 117 Å². The Labute approximate surface area is 176 Å². The number of carbonyl (C=O) groups is 2. The summed E-state index contributed by atoms with van der Waals surface area (Å²) in [5.74, 6) is 0.314. The summed E-state index contributed by atoms with van der Waals surface area (Å²) < 4.78 is 10.1. The smallest absolute Gasteiger partial charge is 0.412 e. The third-order valence-electron chi connectivity index (χ3n) is 3.03. The average Bonchev–Trinajstić information content (AvgIpc) is 2.56. The standard InChI is InChI=1S/2C11H15NO3/c2*1-11(2,3)15-10(14)12-8-4-6-9(13)7-5-8/h2*4-7,13H,1-3H3,(H,12,14). The summed E-state index contributed by atoms with van der Waals surface area (Å²) in [4.78, 5) is 22.6. The fourth-order valence-corrected chi connectivity index (χ4v) is 1.93. The average molecular weight is 418 g/mol. The molecule has 0 unspecified atom stereocenters. The maximum Gasteiger partial charge on any atom is 0.412 e. The van der Waals surface area contributed by atoms with Crippen LogP contribution < -0.4 is 10.6 Å². The van der Waals surface area contributed by atoms with Gasteiger partial charge in [0.2, 0.25) is 0 Å². The first-order valence-corrected chi connectivity index (χ1v) is 9.31. The number of benzene rings is 2. The van der Waals surface area contributed by atoms with Crippen LogP contribution in [0.2, 0.25) is 0 Å². The lowest BCUT2D eigenvalue weighted by Gasteiger charge is -2.19. The van der Waals surface area contributed by atoms with Crippen molar-refractivity contribution in [2.45, 2.75) is 52.7 Å². The minimum atomic E-state index is -0.513.